The van der Waals surface area contributed by atoms with E-state index in [2.05, 4.69) is 66.4 Å². The lowest BCUT2D eigenvalue weighted by Crippen LogP contribution is -2.25. The van der Waals surface area contributed by atoms with Gasteiger partial charge in [0.25, 0.3) is 0 Å². The van der Waals surface area contributed by atoms with Gasteiger partial charge in [0.05, 0.1) is 10.8 Å². The van der Waals surface area contributed by atoms with Crippen LogP contribution >= 0.6 is 34.2 Å². The lowest BCUT2D eigenvalue weighted by Gasteiger charge is -2.17. The zero-order valence-corrected chi connectivity index (χ0v) is 39.1. The highest BCUT2D eigenvalue weighted by Crippen LogP contribution is 2.36. The molecule has 7 aromatic rings. The number of fused-ring (bicyclic) bond motifs is 2. The normalized spacial score (nSPS) is 13.9. The summed E-state index contributed by atoms with van der Waals surface area (Å²) < 4.78 is 4.92. The van der Waals surface area contributed by atoms with Gasteiger partial charge in [-0.15, -0.1) is 0 Å². The Balaban J connectivity index is 0.000000178. The fourth-order valence-electron chi connectivity index (χ4n) is 7.52. The molecule has 2 aliphatic carbocycles. The zero-order chi connectivity index (χ0) is 45.1. The molecule has 0 spiro atoms. The van der Waals surface area contributed by atoms with E-state index in [0.29, 0.717) is 34.4 Å². The van der Waals surface area contributed by atoms with Crippen molar-refractivity contribution < 1.29 is 9.59 Å². The summed E-state index contributed by atoms with van der Waals surface area (Å²) in [5, 5.41) is 2.27. The van der Waals surface area contributed by atoms with Gasteiger partial charge < -0.3 is 25.8 Å². The minimum atomic E-state index is -0.0721. The van der Waals surface area contributed by atoms with Gasteiger partial charge in [-0.2, -0.15) is 0 Å². The van der Waals surface area contributed by atoms with Crippen LogP contribution in [-0.4, -0.2) is 104 Å². The van der Waals surface area contributed by atoms with Gasteiger partial charge >= 0.3 is 0 Å². The van der Waals surface area contributed by atoms with Gasteiger partial charge in [0.15, 0.2) is 11.3 Å². The first-order valence-corrected chi connectivity index (χ1v) is 22.5. The lowest BCUT2D eigenvalue weighted by molar-refractivity contribution is -0.114. The van der Waals surface area contributed by atoms with Crippen LogP contribution in [0.4, 0.5) is 23.0 Å². The first-order chi connectivity index (χ1) is 30.9. The van der Waals surface area contributed by atoms with E-state index in [1.165, 1.54) is 38.3 Å². The second kappa shape index (κ2) is 19.3. The Morgan fingerprint density at radius 1 is 0.688 bits per heavy atom. The van der Waals surface area contributed by atoms with Crippen molar-refractivity contribution >= 4 is 91.1 Å². The molecule has 0 unspecified atom stereocenters. The predicted octanol–water partition coefficient (Wildman–Crippen LogP) is 8.16. The minimum Gasteiger partial charge on any atom is -0.383 e. The molecule has 0 bridgehead atoms. The van der Waals surface area contributed by atoms with Gasteiger partial charge in [0.2, 0.25) is 11.8 Å². The molecule has 64 heavy (non-hydrogen) atoms. The number of carbonyl (C=O) groups excluding carboxylic acids is 2. The summed E-state index contributed by atoms with van der Waals surface area (Å²) in [6.07, 6.45) is 19.1. The van der Waals surface area contributed by atoms with Crippen LogP contribution in [0.1, 0.15) is 25.7 Å². The molecule has 4 N–H and O–H groups in total. The third-order valence-corrected chi connectivity index (χ3v) is 12.7. The summed E-state index contributed by atoms with van der Waals surface area (Å²) in [5.74, 6) is 0.744. The van der Waals surface area contributed by atoms with E-state index in [0.717, 1.165) is 67.0 Å². The Kier molecular flexibility index (Phi) is 13.4. The Hall–Kier alpha value is -6.14. The molecule has 2 aliphatic rings. The molecule has 328 valence electrons. The molecule has 2 saturated carbocycles. The average Bonchev–Trinajstić information content (AvgIpc) is 4.25. The van der Waals surface area contributed by atoms with E-state index in [1.807, 2.05) is 106 Å². The number of anilines is 4. The highest BCUT2D eigenvalue weighted by molar-refractivity contribution is 14.1. The molecule has 16 heteroatoms. The van der Waals surface area contributed by atoms with Gasteiger partial charge in [0, 0.05) is 101 Å². The second-order valence-electron chi connectivity index (χ2n) is 16.2. The molecule has 4 heterocycles. The van der Waals surface area contributed by atoms with E-state index in [1.54, 1.807) is 36.0 Å². The highest BCUT2D eigenvalue weighted by Gasteiger charge is 2.26. The number of amides is 2. The summed E-state index contributed by atoms with van der Waals surface area (Å²) in [6.45, 7) is 1.56. The molecule has 0 aliphatic heterocycles. The first-order valence-electron chi connectivity index (χ1n) is 21.0. The number of nitrogen functional groups attached to an aromatic ring is 2. The first kappa shape index (κ1) is 44.5. The van der Waals surface area contributed by atoms with Crippen molar-refractivity contribution in [2.75, 3.05) is 62.5 Å². The molecule has 14 nitrogen and oxygen atoms in total. The van der Waals surface area contributed by atoms with E-state index in [9.17, 15) is 9.59 Å². The summed E-state index contributed by atoms with van der Waals surface area (Å²) in [4.78, 5) is 50.4. The monoisotopic (exact) mass is 988 g/mol. The van der Waals surface area contributed by atoms with Gasteiger partial charge in [-0.3, -0.25) is 24.0 Å². The van der Waals surface area contributed by atoms with Crippen LogP contribution in [-0.2, 0) is 9.59 Å². The van der Waals surface area contributed by atoms with Crippen molar-refractivity contribution in [3.63, 3.8) is 0 Å². The molecule has 2 amide bonds. The van der Waals surface area contributed by atoms with Gasteiger partial charge in [0.1, 0.15) is 24.3 Å². The predicted molar refractivity (Wildman–Crippen MR) is 266 cm³/mol. The summed E-state index contributed by atoms with van der Waals surface area (Å²) in [7, 11) is 7.76. The van der Waals surface area contributed by atoms with Crippen LogP contribution in [0.15, 0.2) is 122 Å². The molecular weight excluding hydrogens is 939 g/mol. The van der Waals surface area contributed by atoms with Crippen LogP contribution in [0, 0.1) is 3.57 Å². The topological polar surface area (TPSA) is 161 Å². The van der Waals surface area contributed by atoms with E-state index in [-0.39, 0.29) is 11.8 Å². The number of benzene rings is 3. The summed E-state index contributed by atoms with van der Waals surface area (Å²) in [5.41, 5.74) is 19.0. The molecule has 0 radical (unpaired) electrons. The maximum absolute atomic E-state index is 12.8. The average molecular weight is 989 g/mol. The third kappa shape index (κ3) is 9.97. The molecule has 0 atom stereocenters. The van der Waals surface area contributed by atoms with E-state index >= 15 is 0 Å². The fraction of sp³-hybridized carbons (Fsp3) is 0.250. The number of carbonyl (C=O) groups is 2. The van der Waals surface area contributed by atoms with Crippen molar-refractivity contribution in [2.45, 2.75) is 37.8 Å². The third-order valence-electron chi connectivity index (χ3n) is 11.6. The quantitative estimate of drug-likeness (QED) is 0.0853. The van der Waals surface area contributed by atoms with Crippen molar-refractivity contribution in [3.05, 3.63) is 131 Å². The van der Waals surface area contributed by atoms with Gasteiger partial charge in [-0.1, -0.05) is 48.0 Å². The summed E-state index contributed by atoms with van der Waals surface area (Å²) in [6, 6.07) is 24.5. The van der Waals surface area contributed by atoms with Crippen molar-refractivity contribution in [2.24, 2.45) is 0 Å². The number of halogens is 2. The van der Waals surface area contributed by atoms with Gasteiger partial charge in [-0.25, -0.2) is 19.9 Å². The Bertz CT molecular complexity index is 2880. The molecule has 2 fully saturated rings. The second-order valence-corrected chi connectivity index (χ2v) is 17.8. The standard InChI is InChI=1S/C27H27ClN6O.C21H23IN6O/c1-32(20-12-13-20)14-4-7-24(35)33(2)21-5-3-6-22(15-21)34-16-23(18-8-10-19(28)11-9-18)25-26(29)30-17-31-27(25)34;1-26(14-8-9-14)10-4-7-18(29)27(2)15-5-3-6-16(11-15)28-12-17(22)19-20(23)24-13-25-21(19)28/h3-11,15-17,20H,12-14H2,1-2H3,(H2,29,30,31);3-7,11-14H,8-10H2,1-2H3,(H2,23,24,25)/b2*7-4+. The number of hydrogen-bond acceptors (Lipinski definition) is 10. The number of hydrogen-bond donors (Lipinski definition) is 2. The van der Waals surface area contributed by atoms with Gasteiger partial charge in [-0.05, 0) is 116 Å². The zero-order valence-electron chi connectivity index (χ0n) is 36.1. The highest BCUT2D eigenvalue weighted by atomic mass is 127. The largest absolute Gasteiger partial charge is 0.383 e. The van der Waals surface area contributed by atoms with Crippen LogP contribution < -0.4 is 21.3 Å². The number of nitrogens with zero attached hydrogens (tertiary/aromatic N) is 10. The van der Waals surface area contributed by atoms with Crippen LogP contribution in [0.25, 0.3) is 44.6 Å². The van der Waals surface area contributed by atoms with Crippen molar-refractivity contribution in [1.82, 2.24) is 38.9 Å². The summed E-state index contributed by atoms with van der Waals surface area (Å²) >= 11 is 8.33. The number of rotatable bonds is 13. The SMILES string of the molecule is CN(C(=O)/C=C/CN(C)C1CC1)c1cccc(-n2cc(-c3ccc(Cl)cc3)c3c(N)ncnc32)c1.CN(C(=O)/C=C/CN(C)C1CC1)c1cccc(-n2cc(I)c3c(N)ncnc32)c1. The van der Waals surface area contributed by atoms with Crippen molar-refractivity contribution in [3.8, 4) is 22.5 Å². The molecule has 9 rings (SSSR count). The van der Waals surface area contributed by atoms with E-state index < -0.39 is 0 Å². The maximum atomic E-state index is 12.8. The van der Waals surface area contributed by atoms with Crippen molar-refractivity contribution in [1.29, 1.82) is 0 Å². The van der Waals surface area contributed by atoms with Crippen LogP contribution in [0.2, 0.25) is 5.02 Å². The molecular formula is C48H50ClIN12O2. The number of nitrogens with two attached hydrogens (primary N) is 2. The Labute approximate surface area is 391 Å². The molecule has 0 saturated heterocycles. The Morgan fingerprint density at radius 2 is 1.16 bits per heavy atom. The Morgan fingerprint density at radius 3 is 1.66 bits per heavy atom. The molecule has 4 aromatic heterocycles. The van der Waals surface area contributed by atoms with E-state index in [4.69, 9.17) is 23.1 Å². The fourth-order valence-corrected chi connectivity index (χ4v) is 8.44. The lowest BCUT2D eigenvalue weighted by atomic mass is 10.1. The van der Waals surface area contributed by atoms with Crippen LogP contribution in [0.5, 0.6) is 0 Å². The minimum absolute atomic E-state index is 0.0511. The van der Waals surface area contributed by atoms with Crippen LogP contribution in [0.3, 0.4) is 0 Å². The smallest absolute Gasteiger partial charge is 0.250 e. The number of aromatic nitrogens is 6. The molecule has 3 aromatic carbocycles. The number of likely N-dealkylation sites (N-methyl/N-ethyl adjacent to an activating group) is 4. The maximum Gasteiger partial charge on any atom is 0.250 e.